The van der Waals surface area contributed by atoms with Crippen LogP contribution in [0, 0.1) is 5.92 Å². The maximum absolute atomic E-state index is 5.84. The molecule has 0 aliphatic carbocycles. The second kappa shape index (κ2) is 8.50. The average molecular weight is 297 g/mol. The lowest BCUT2D eigenvalue weighted by molar-refractivity contribution is 0.220. The Morgan fingerprint density at radius 2 is 2.15 bits per heavy atom. The first-order valence-corrected chi connectivity index (χ1v) is 7.89. The number of piperidine rings is 1. The van der Waals surface area contributed by atoms with Gasteiger partial charge in [-0.15, -0.1) is 0 Å². The minimum atomic E-state index is 0.748. The minimum absolute atomic E-state index is 0.748. The van der Waals surface area contributed by atoms with E-state index in [1.165, 1.54) is 32.5 Å². The molecular weight excluding hydrogens is 272 g/mol. The Hall–Kier alpha value is -0.770. The molecule has 0 radical (unpaired) electrons. The topological polar surface area (TPSA) is 24.5 Å². The zero-order valence-corrected chi connectivity index (χ0v) is 13.0. The van der Waals surface area contributed by atoms with Crippen molar-refractivity contribution in [1.29, 1.82) is 0 Å². The third kappa shape index (κ3) is 5.70. The number of nitrogens with zero attached hydrogens (tertiary/aromatic N) is 1. The Labute approximate surface area is 127 Å². The molecule has 1 saturated heterocycles. The smallest absolute Gasteiger partial charge is 0.119 e. The van der Waals surface area contributed by atoms with Crippen molar-refractivity contribution in [2.75, 3.05) is 39.8 Å². The van der Waals surface area contributed by atoms with Crippen LogP contribution in [0.2, 0.25) is 5.02 Å². The molecular formula is C16H25ClN2O. The molecule has 0 spiro atoms. The zero-order valence-electron chi connectivity index (χ0n) is 12.3. The Morgan fingerprint density at radius 1 is 1.35 bits per heavy atom. The van der Waals surface area contributed by atoms with Gasteiger partial charge in [0.05, 0.1) is 6.61 Å². The zero-order chi connectivity index (χ0) is 14.2. The first-order valence-electron chi connectivity index (χ1n) is 7.51. The second-order valence-electron chi connectivity index (χ2n) is 5.63. The summed E-state index contributed by atoms with van der Waals surface area (Å²) in [7, 11) is 2.21. The summed E-state index contributed by atoms with van der Waals surface area (Å²) in [5, 5.41) is 4.22. The van der Waals surface area contributed by atoms with Crippen LogP contribution in [0.25, 0.3) is 0 Å². The van der Waals surface area contributed by atoms with E-state index >= 15 is 0 Å². The lowest BCUT2D eigenvalue weighted by Gasteiger charge is -2.27. The first-order chi connectivity index (χ1) is 9.74. The maximum Gasteiger partial charge on any atom is 0.119 e. The number of hydrogen-bond donors (Lipinski definition) is 1. The molecule has 1 N–H and O–H groups in total. The molecule has 0 bridgehead atoms. The van der Waals surface area contributed by atoms with Crippen LogP contribution < -0.4 is 10.1 Å². The molecule has 0 saturated carbocycles. The van der Waals surface area contributed by atoms with Crippen molar-refractivity contribution < 1.29 is 4.74 Å². The van der Waals surface area contributed by atoms with Gasteiger partial charge in [0.15, 0.2) is 0 Å². The van der Waals surface area contributed by atoms with Crippen LogP contribution in [0.1, 0.15) is 19.3 Å². The van der Waals surface area contributed by atoms with Crippen LogP contribution in [-0.2, 0) is 0 Å². The highest BCUT2D eigenvalue weighted by Gasteiger charge is 2.14. The van der Waals surface area contributed by atoms with Crippen LogP contribution in [0.4, 0.5) is 0 Å². The van der Waals surface area contributed by atoms with Gasteiger partial charge in [-0.1, -0.05) is 11.6 Å². The van der Waals surface area contributed by atoms with Crippen LogP contribution in [0.3, 0.4) is 0 Å². The monoisotopic (exact) mass is 296 g/mol. The molecule has 1 aliphatic rings. The fraction of sp³-hybridized carbons (Fsp3) is 0.625. The van der Waals surface area contributed by atoms with E-state index in [-0.39, 0.29) is 0 Å². The molecule has 0 aromatic heterocycles. The van der Waals surface area contributed by atoms with Crippen molar-refractivity contribution in [2.45, 2.75) is 19.3 Å². The van der Waals surface area contributed by atoms with Gasteiger partial charge in [0.1, 0.15) is 5.75 Å². The lowest BCUT2D eigenvalue weighted by Crippen LogP contribution is -2.37. The van der Waals surface area contributed by atoms with E-state index in [0.29, 0.717) is 0 Å². The molecule has 20 heavy (non-hydrogen) atoms. The average Bonchev–Trinajstić information content (AvgIpc) is 2.46. The number of ether oxygens (including phenoxy) is 1. The van der Waals surface area contributed by atoms with Crippen molar-refractivity contribution in [2.24, 2.45) is 5.92 Å². The Morgan fingerprint density at radius 3 is 2.85 bits per heavy atom. The largest absolute Gasteiger partial charge is 0.494 e. The van der Waals surface area contributed by atoms with E-state index in [0.717, 1.165) is 36.3 Å². The van der Waals surface area contributed by atoms with Crippen LogP contribution in [0.5, 0.6) is 5.75 Å². The summed E-state index contributed by atoms with van der Waals surface area (Å²) in [6.45, 7) is 5.40. The fourth-order valence-electron chi connectivity index (χ4n) is 2.67. The number of nitrogens with one attached hydrogen (secondary N) is 1. The van der Waals surface area contributed by atoms with Gasteiger partial charge in [-0.25, -0.2) is 0 Å². The van der Waals surface area contributed by atoms with Gasteiger partial charge >= 0.3 is 0 Å². The van der Waals surface area contributed by atoms with E-state index in [4.69, 9.17) is 16.3 Å². The summed E-state index contributed by atoms with van der Waals surface area (Å²) in [5.74, 6) is 1.71. The van der Waals surface area contributed by atoms with Crippen LogP contribution in [-0.4, -0.2) is 44.7 Å². The summed E-state index contributed by atoms with van der Waals surface area (Å²) >= 11 is 5.84. The Bertz CT molecular complexity index is 377. The molecule has 112 valence electrons. The van der Waals surface area contributed by atoms with E-state index in [1.54, 1.807) is 0 Å². The Balaban J connectivity index is 1.56. The lowest BCUT2D eigenvalue weighted by atomic mass is 9.99. The second-order valence-corrected chi connectivity index (χ2v) is 6.07. The van der Waals surface area contributed by atoms with Crippen molar-refractivity contribution in [3.63, 3.8) is 0 Å². The summed E-state index contributed by atoms with van der Waals surface area (Å²) in [6, 6.07) is 7.55. The van der Waals surface area contributed by atoms with Gasteiger partial charge in [0.25, 0.3) is 0 Å². The molecule has 1 atom stereocenters. The quantitative estimate of drug-likeness (QED) is 0.783. The van der Waals surface area contributed by atoms with E-state index in [1.807, 2.05) is 24.3 Å². The van der Waals surface area contributed by atoms with Crippen LogP contribution >= 0.6 is 11.6 Å². The SMILES string of the molecule is CN(CCCOc1ccc(Cl)cc1)CC1CCCNC1. The summed E-state index contributed by atoms with van der Waals surface area (Å²) in [4.78, 5) is 2.42. The Kier molecular flexibility index (Phi) is 6.64. The van der Waals surface area contributed by atoms with E-state index < -0.39 is 0 Å². The standard InChI is InChI=1S/C16H25ClN2O/c1-19(13-14-4-2-9-18-12-14)10-3-11-20-16-7-5-15(17)6-8-16/h5-8,14,18H,2-4,9-13H2,1H3. The van der Waals surface area contributed by atoms with Crippen molar-refractivity contribution in [1.82, 2.24) is 10.2 Å². The predicted octanol–water partition coefficient (Wildman–Crippen LogP) is 3.04. The maximum atomic E-state index is 5.84. The molecule has 2 rings (SSSR count). The highest BCUT2D eigenvalue weighted by atomic mass is 35.5. The molecule has 1 unspecified atom stereocenters. The molecule has 1 aromatic rings. The number of halogens is 1. The summed E-state index contributed by atoms with van der Waals surface area (Å²) in [5.41, 5.74) is 0. The molecule has 1 aromatic carbocycles. The first kappa shape index (κ1) is 15.6. The molecule has 1 aliphatic heterocycles. The molecule has 1 heterocycles. The highest BCUT2D eigenvalue weighted by molar-refractivity contribution is 6.30. The number of rotatable bonds is 7. The fourth-order valence-corrected chi connectivity index (χ4v) is 2.79. The third-order valence-electron chi connectivity index (χ3n) is 3.74. The molecule has 0 amide bonds. The van der Waals surface area contributed by atoms with E-state index in [9.17, 15) is 0 Å². The van der Waals surface area contributed by atoms with Gasteiger partial charge in [0.2, 0.25) is 0 Å². The van der Waals surface area contributed by atoms with Gasteiger partial charge in [-0.05, 0) is 69.6 Å². The summed E-state index contributed by atoms with van der Waals surface area (Å²) < 4.78 is 5.70. The third-order valence-corrected chi connectivity index (χ3v) is 3.99. The van der Waals surface area contributed by atoms with Crippen LogP contribution in [0.15, 0.2) is 24.3 Å². The number of benzene rings is 1. The molecule has 1 fully saturated rings. The highest BCUT2D eigenvalue weighted by Crippen LogP contribution is 2.15. The van der Waals surface area contributed by atoms with Crippen molar-refractivity contribution in [3.8, 4) is 5.75 Å². The molecule has 4 heteroatoms. The number of hydrogen-bond acceptors (Lipinski definition) is 3. The van der Waals surface area contributed by atoms with Gasteiger partial charge in [0, 0.05) is 18.1 Å². The van der Waals surface area contributed by atoms with Gasteiger partial charge in [-0.3, -0.25) is 0 Å². The van der Waals surface area contributed by atoms with Gasteiger partial charge in [-0.2, -0.15) is 0 Å². The normalized spacial score (nSPS) is 19.2. The summed E-state index contributed by atoms with van der Waals surface area (Å²) in [6.07, 6.45) is 3.73. The van der Waals surface area contributed by atoms with Crippen molar-refractivity contribution >= 4 is 11.6 Å². The van der Waals surface area contributed by atoms with E-state index in [2.05, 4.69) is 17.3 Å². The molecule has 3 nitrogen and oxygen atoms in total. The van der Waals surface area contributed by atoms with Gasteiger partial charge < -0.3 is 15.0 Å². The predicted molar refractivity (Wildman–Crippen MR) is 84.7 cm³/mol. The minimum Gasteiger partial charge on any atom is -0.494 e. The van der Waals surface area contributed by atoms with Crippen molar-refractivity contribution in [3.05, 3.63) is 29.3 Å².